The van der Waals surface area contributed by atoms with Crippen molar-refractivity contribution in [3.05, 3.63) is 54.1 Å². The summed E-state index contributed by atoms with van der Waals surface area (Å²) in [6, 6.07) is 10.2. The van der Waals surface area contributed by atoms with E-state index in [-0.39, 0.29) is 11.4 Å². The fraction of sp³-hybridized carbons (Fsp3) is 0.167. The number of amides is 1. The molecule has 27 heavy (non-hydrogen) atoms. The second-order valence-corrected chi connectivity index (χ2v) is 6.33. The summed E-state index contributed by atoms with van der Waals surface area (Å²) in [6.45, 7) is 2.50. The average Bonchev–Trinajstić information content (AvgIpc) is 3.13. The van der Waals surface area contributed by atoms with Crippen LogP contribution in [0.1, 0.15) is 6.92 Å². The summed E-state index contributed by atoms with van der Waals surface area (Å²) in [6.07, 6.45) is 0. The highest BCUT2D eigenvalue weighted by Gasteiger charge is 2.11. The second kappa shape index (κ2) is 8.63. The van der Waals surface area contributed by atoms with Crippen molar-refractivity contribution >= 4 is 23.4 Å². The quantitative estimate of drug-likeness (QED) is 0.599. The van der Waals surface area contributed by atoms with Crippen molar-refractivity contribution in [3.8, 4) is 17.1 Å². The molecule has 0 bridgehead atoms. The number of hydrogen-bond donors (Lipinski definition) is 2. The Morgan fingerprint density at radius 2 is 2.00 bits per heavy atom. The predicted octanol–water partition coefficient (Wildman–Crippen LogP) is 3.88. The summed E-state index contributed by atoms with van der Waals surface area (Å²) >= 11 is 1.08. The maximum absolute atomic E-state index is 13.5. The standard InChI is InChI=1S/C18H16F2N4O2S/c1-2-26-13-6-3-11(4-7-13)17-22-18(24-23-17)27-10-16(25)21-15-9-12(19)5-8-14(15)20/h3-9H,2,10H2,1H3,(H,21,25)(H,22,23,24). The van der Waals surface area contributed by atoms with Crippen molar-refractivity contribution in [2.24, 2.45) is 0 Å². The number of carbonyl (C=O) groups is 1. The number of anilines is 1. The molecule has 9 heteroatoms. The molecule has 0 atom stereocenters. The Labute approximate surface area is 158 Å². The number of nitrogens with zero attached hydrogens (tertiary/aromatic N) is 2. The van der Waals surface area contributed by atoms with Gasteiger partial charge in [-0.2, -0.15) is 0 Å². The minimum Gasteiger partial charge on any atom is -0.494 e. The highest BCUT2D eigenvalue weighted by molar-refractivity contribution is 7.99. The fourth-order valence-corrected chi connectivity index (χ4v) is 2.82. The Kier molecular flexibility index (Phi) is 6.02. The summed E-state index contributed by atoms with van der Waals surface area (Å²) in [5, 5.41) is 9.54. The van der Waals surface area contributed by atoms with E-state index in [4.69, 9.17) is 4.74 Å². The summed E-state index contributed by atoms with van der Waals surface area (Å²) in [5.41, 5.74) is 0.620. The maximum Gasteiger partial charge on any atom is 0.234 e. The van der Waals surface area contributed by atoms with Crippen LogP contribution in [-0.2, 0) is 4.79 Å². The van der Waals surface area contributed by atoms with Gasteiger partial charge in [0.15, 0.2) is 5.82 Å². The van der Waals surface area contributed by atoms with E-state index in [1.54, 1.807) is 0 Å². The average molecular weight is 390 g/mol. The van der Waals surface area contributed by atoms with E-state index in [1.165, 1.54) is 0 Å². The van der Waals surface area contributed by atoms with Crippen molar-refractivity contribution in [2.45, 2.75) is 12.1 Å². The third kappa shape index (κ3) is 5.04. The van der Waals surface area contributed by atoms with Gasteiger partial charge in [-0.15, -0.1) is 5.10 Å². The number of carbonyl (C=O) groups excluding carboxylic acids is 1. The van der Waals surface area contributed by atoms with Crippen LogP contribution < -0.4 is 10.1 Å². The Balaban J connectivity index is 1.57. The molecule has 1 heterocycles. The molecule has 0 aliphatic rings. The van der Waals surface area contributed by atoms with Gasteiger partial charge in [-0.3, -0.25) is 9.89 Å². The van der Waals surface area contributed by atoms with Gasteiger partial charge in [0, 0.05) is 11.6 Å². The Morgan fingerprint density at radius 3 is 2.74 bits per heavy atom. The van der Waals surface area contributed by atoms with E-state index in [1.807, 2.05) is 31.2 Å². The molecule has 0 saturated heterocycles. The molecular formula is C18H16F2N4O2S. The molecular weight excluding hydrogens is 374 g/mol. The lowest BCUT2D eigenvalue weighted by atomic mass is 10.2. The van der Waals surface area contributed by atoms with Crippen molar-refractivity contribution < 1.29 is 18.3 Å². The predicted molar refractivity (Wildman–Crippen MR) is 98.7 cm³/mol. The number of hydrogen-bond acceptors (Lipinski definition) is 5. The number of halogens is 2. The molecule has 1 aromatic heterocycles. The normalized spacial score (nSPS) is 10.6. The molecule has 140 valence electrons. The van der Waals surface area contributed by atoms with Gasteiger partial charge in [0.05, 0.1) is 18.0 Å². The third-order valence-electron chi connectivity index (χ3n) is 3.44. The van der Waals surface area contributed by atoms with Gasteiger partial charge < -0.3 is 10.1 Å². The summed E-state index contributed by atoms with van der Waals surface area (Å²) < 4.78 is 32.0. The molecule has 2 N–H and O–H groups in total. The van der Waals surface area contributed by atoms with E-state index >= 15 is 0 Å². The summed E-state index contributed by atoms with van der Waals surface area (Å²) in [7, 11) is 0. The SMILES string of the molecule is CCOc1ccc(-c2nc(SCC(=O)Nc3cc(F)ccc3F)n[nH]2)cc1. The van der Waals surface area contributed by atoms with Crippen LogP contribution in [0.3, 0.4) is 0 Å². The van der Waals surface area contributed by atoms with Crippen molar-refractivity contribution in [3.63, 3.8) is 0 Å². The highest BCUT2D eigenvalue weighted by atomic mass is 32.2. The first kappa shape index (κ1) is 18.8. The van der Waals surface area contributed by atoms with E-state index in [2.05, 4.69) is 20.5 Å². The van der Waals surface area contributed by atoms with Gasteiger partial charge in [-0.1, -0.05) is 11.8 Å². The van der Waals surface area contributed by atoms with E-state index in [0.717, 1.165) is 41.3 Å². The minimum absolute atomic E-state index is 0.0451. The zero-order valence-electron chi connectivity index (χ0n) is 14.3. The Hall–Kier alpha value is -2.94. The number of aromatic nitrogens is 3. The molecule has 2 aromatic carbocycles. The fourth-order valence-electron chi connectivity index (χ4n) is 2.23. The van der Waals surface area contributed by atoms with Crippen LogP contribution in [0.2, 0.25) is 0 Å². The number of aromatic amines is 1. The van der Waals surface area contributed by atoms with Crippen LogP contribution in [0.4, 0.5) is 14.5 Å². The Bertz CT molecular complexity index is 931. The minimum atomic E-state index is -0.703. The van der Waals surface area contributed by atoms with Gasteiger partial charge in [0.2, 0.25) is 11.1 Å². The first-order valence-corrected chi connectivity index (χ1v) is 9.07. The van der Waals surface area contributed by atoms with Gasteiger partial charge in [0.1, 0.15) is 17.4 Å². The second-order valence-electron chi connectivity index (χ2n) is 5.39. The highest BCUT2D eigenvalue weighted by Crippen LogP contribution is 2.22. The lowest BCUT2D eigenvalue weighted by Crippen LogP contribution is -2.15. The zero-order valence-corrected chi connectivity index (χ0v) is 15.1. The molecule has 0 spiro atoms. The van der Waals surface area contributed by atoms with Crippen LogP contribution in [0.5, 0.6) is 5.75 Å². The van der Waals surface area contributed by atoms with Gasteiger partial charge in [0.25, 0.3) is 0 Å². The van der Waals surface area contributed by atoms with Gasteiger partial charge in [-0.25, -0.2) is 13.8 Å². The monoisotopic (exact) mass is 390 g/mol. The van der Waals surface area contributed by atoms with Crippen molar-refractivity contribution in [1.29, 1.82) is 0 Å². The zero-order chi connectivity index (χ0) is 19.2. The molecule has 6 nitrogen and oxygen atoms in total. The number of benzene rings is 2. The van der Waals surface area contributed by atoms with Crippen LogP contribution in [0, 0.1) is 11.6 Å². The third-order valence-corrected chi connectivity index (χ3v) is 4.29. The lowest BCUT2D eigenvalue weighted by Gasteiger charge is -2.05. The molecule has 0 fully saturated rings. The smallest absolute Gasteiger partial charge is 0.234 e. The first-order valence-electron chi connectivity index (χ1n) is 8.08. The number of thioether (sulfide) groups is 1. The topological polar surface area (TPSA) is 79.9 Å². The number of nitrogens with one attached hydrogen (secondary N) is 2. The number of rotatable bonds is 7. The summed E-state index contributed by atoms with van der Waals surface area (Å²) in [4.78, 5) is 16.2. The molecule has 0 aliphatic heterocycles. The van der Waals surface area contributed by atoms with Crippen LogP contribution in [0.15, 0.2) is 47.6 Å². The van der Waals surface area contributed by atoms with E-state index < -0.39 is 17.5 Å². The van der Waals surface area contributed by atoms with E-state index in [0.29, 0.717) is 17.6 Å². The Morgan fingerprint density at radius 1 is 1.22 bits per heavy atom. The molecule has 3 aromatic rings. The molecule has 3 rings (SSSR count). The van der Waals surface area contributed by atoms with Crippen molar-refractivity contribution in [2.75, 3.05) is 17.7 Å². The maximum atomic E-state index is 13.5. The van der Waals surface area contributed by atoms with Crippen LogP contribution >= 0.6 is 11.8 Å². The molecule has 0 aliphatic carbocycles. The molecule has 1 amide bonds. The first-order chi connectivity index (χ1) is 13.0. The van der Waals surface area contributed by atoms with Crippen LogP contribution in [-0.4, -0.2) is 33.4 Å². The van der Waals surface area contributed by atoms with Gasteiger partial charge in [-0.05, 0) is 43.3 Å². The van der Waals surface area contributed by atoms with E-state index in [9.17, 15) is 13.6 Å². The van der Waals surface area contributed by atoms with Crippen LogP contribution in [0.25, 0.3) is 11.4 Å². The molecule has 0 saturated carbocycles. The number of ether oxygens (including phenoxy) is 1. The lowest BCUT2D eigenvalue weighted by molar-refractivity contribution is -0.113. The molecule has 0 radical (unpaired) electrons. The number of H-pyrrole nitrogens is 1. The van der Waals surface area contributed by atoms with Crippen molar-refractivity contribution in [1.82, 2.24) is 15.2 Å². The molecule has 0 unspecified atom stereocenters. The largest absolute Gasteiger partial charge is 0.494 e. The summed E-state index contributed by atoms with van der Waals surface area (Å²) in [5.74, 6) is -0.555. The van der Waals surface area contributed by atoms with Gasteiger partial charge >= 0.3 is 0 Å².